The Bertz CT molecular complexity index is 193. The summed E-state index contributed by atoms with van der Waals surface area (Å²) in [5, 5.41) is 10.5. The Morgan fingerprint density at radius 1 is 1.18 bits per heavy atom. The maximum atomic E-state index is 10.5. The summed E-state index contributed by atoms with van der Waals surface area (Å²) in [6, 6.07) is 0. The first-order valence-corrected chi connectivity index (χ1v) is 7.45. The van der Waals surface area contributed by atoms with Gasteiger partial charge in [-0.3, -0.25) is 0 Å². The third kappa shape index (κ3) is 5.87. The Hall–Kier alpha value is -0.0800. The molecule has 0 saturated heterocycles. The highest BCUT2D eigenvalue weighted by Gasteiger charge is 2.33. The molecule has 1 fully saturated rings. The molecule has 1 saturated carbocycles. The van der Waals surface area contributed by atoms with E-state index in [4.69, 9.17) is 4.74 Å². The van der Waals surface area contributed by atoms with Gasteiger partial charge in [0.1, 0.15) is 0 Å². The molecule has 1 rings (SSSR count). The van der Waals surface area contributed by atoms with E-state index in [1.807, 2.05) is 0 Å². The van der Waals surface area contributed by atoms with Crippen molar-refractivity contribution in [3.05, 3.63) is 0 Å². The van der Waals surface area contributed by atoms with E-state index in [0.717, 1.165) is 32.1 Å². The number of rotatable bonds is 8. The molecular formula is C15H30O2. The van der Waals surface area contributed by atoms with Crippen LogP contribution in [0.5, 0.6) is 0 Å². The first kappa shape index (κ1) is 15.0. The van der Waals surface area contributed by atoms with Crippen LogP contribution in [0.1, 0.15) is 77.6 Å². The summed E-state index contributed by atoms with van der Waals surface area (Å²) in [6.07, 6.45) is 13.1. The van der Waals surface area contributed by atoms with E-state index in [9.17, 15) is 5.11 Å². The summed E-state index contributed by atoms with van der Waals surface area (Å²) >= 11 is 0. The van der Waals surface area contributed by atoms with Crippen LogP contribution in [0.3, 0.4) is 0 Å². The van der Waals surface area contributed by atoms with Crippen LogP contribution >= 0.6 is 0 Å². The first-order chi connectivity index (χ1) is 8.20. The van der Waals surface area contributed by atoms with Crippen LogP contribution in [-0.2, 0) is 4.74 Å². The number of methoxy groups -OCH3 is 1. The molecule has 0 bridgehead atoms. The highest BCUT2D eigenvalue weighted by molar-refractivity contribution is 4.86. The molecule has 0 aromatic rings. The first-order valence-electron chi connectivity index (χ1n) is 7.45. The highest BCUT2D eigenvalue weighted by atomic mass is 16.5. The van der Waals surface area contributed by atoms with Crippen LogP contribution in [0.15, 0.2) is 0 Å². The molecule has 0 radical (unpaired) electrons. The quantitative estimate of drug-likeness (QED) is 0.650. The molecule has 2 unspecified atom stereocenters. The maximum Gasteiger partial charge on any atom is 0.0672 e. The Kier molecular flexibility index (Phi) is 7.14. The zero-order chi connectivity index (χ0) is 12.6. The zero-order valence-corrected chi connectivity index (χ0v) is 11.7. The van der Waals surface area contributed by atoms with Gasteiger partial charge in [-0.15, -0.1) is 0 Å². The number of ether oxygens (including phenoxy) is 1. The fourth-order valence-corrected chi connectivity index (χ4v) is 2.95. The van der Waals surface area contributed by atoms with Crippen molar-refractivity contribution in [3.63, 3.8) is 0 Å². The topological polar surface area (TPSA) is 29.5 Å². The lowest BCUT2D eigenvalue weighted by Gasteiger charge is -2.36. The van der Waals surface area contributed by atoms with Crippen LogP contribution in [0.25, 0.3) is 0 Å². The minimum atomic E-state index is -0.427. The summed E-state index contributed by atoms with van der Waals surface area (Å²) in [4.78, 5) is 0. The standard InChI is InChI=1S/C15H30O2/c1-3-4-5-6-7-8-11-15(16)12-9-10-14(13-15)17-2/h14,16H,3-13H2,1-2H3. The second-order valence-corrected chi connectivity index (χ2v) is 5.70. The molecule has 0 heterocycles. The van der Waals surface area contributed by atoms with Crippen molar-refractivity contribution in [3.8, 4) is 0 Å². The van der Waals surface area contributed by atoms with Gasteiger partial charge in [0.25, 0.3) is 0 Å². The Balaban J connectivity index is 2.11. The average Bonchev–Trinajstić information content (AvgIpc) is 2.33. The lowest BCUT2D eigenvalue weighted by atomic mass is 9.79. The van der Waals surface area contributed by atoms with Crippen LogP contribution in [0, 0.1) is 0 Å². The zero-order valence-electron chi connectivity index (χ0n) is 11.7. The van der Waals surface area contributed by atoms with E-state index in [0.29, 0.717) is 0 Å². The molecule has 0 aliphatic heterocycles. The Morgan fingerprint density at radius 2 is 1.88 bits per heavy atom. The summed E-state index contributed by atoms with van der Waals surface area (Å²) < 4.78 is 5.39. The molecule has 102 valence electrons. The van der Waals surface area contributed by atoms with Crippen LogP contribution in [0.2, 0.25) is 0 Å². The van der Waals surface area contributed by atoms with Crippen molar-refractivity contribution in [1.82, 2.24) is 0 Å². The second kappa shape index (κ2) is 8.10. The van der Waals surface area contributed by atoms with Gasteiger partial charge in [0.05, 0.1) is 11.7 Å². The molecular weight excluding hydrogens is 212 g/mol. The van der Waals surface area contributed by atoms with Crippen molar-refractivity contribution in [2.75, 3.05) is 7.11 Å². The van der Waals surface area contributed by atoms with Gasteiger partial charge in [0.2, 0.25) is 0 Å². The van der Waals surface area contributed by atoms with Crippen molar-refractivity contribution < 1.29 is 9.84 Å². The largest absolute Gasteiger partial charge is 0.390 e. The molecule has 0 spiro atoms. The van der Waals surface area contributed by atoms with Gasteiger partial charge in [-0.25, -0.2) is 0 Å². The molecule has 0 amide bonds. The number of aliphatic hydroxyl groups is 1. The molecule has 2 heteroatoms. The number of hydrogen-bond donors (Lipinski definition) is 1. The molecule has 0 aromatic heterocycles. The summed E-state index contributed by atoms with van der Waals surface area (Å²) in [5.74, 6) is 0. The van der Waals surface area contributed by atoms with Gasteiger partial charge in [-0.05, 0) is 25.7 Å². The van der Waals surface area contributed by atoms with E-state index in [1.165, 1.54) is 38.5 Å². The number of hydrogen-bond acceptors (Lipinski definition) is 2. The van der Waals surface area contributed by atoms with Gasteiger partial charge in [-0.1, -0.05) is 45.4 Å². The monoisotopic (exact) mass is 242 g/mol. The molecule has 17 heavy (non-hydrogen) atoms. The van der Waals surface area contributed by atoms with Gasteiger partial charge in [0.15, 0.2) is 0 Å². The minimum absolute atomic E-state index is 0.286. The van der Waals surface area contributed by atoms with Crippen LogP contribution < -0.4 is 0 Å². The van der Waals surface area contributed by atoms with Gasteiger partial charge >= 0.3 is 0 Å². The van der Waals surface area contributed by atoms with Gasteiger partial charge in [-0.2, -0.15) is 0 Å². The normalized spacial score (nSPS) is 29.5. The molecule has 1 N–H and O–H groups in total. The third-order valence-corrected chi connectivity index (χ3v) is 4.10. The summed E-state index contributed by atoms with van der Waals surface area (Å²) in [6.45, 7) is 2.25. The molecule has 1 aliphatic rings. The number of unbranched alkanes of at least 4 members (excludes halogenated alkanes) is 5. The Labute approximate surface area is 107 Å². The van der Waals surface area contributed by atoms with Crippen LogP contribution in [-0.4, -0.2) is 23.9 Å². The van der Waals surface area contributed by atoms with Gasteiger partial charge in [0, 0.05) is 13.5 Å². The van der Waals surface area contributed by atoms with Crippen molar-refractivity contribution in [1.29, 1.82) is 0 Å². The van der Waals surface area contributed by atoms with Crippen LogP contribution in [0.4, 0.5) is 0 Å². The fourth-order valence-electron chi connectivity index (χ4n) is 2.95. The van der Waals surface area contributed by atoms with E-state index in [1.54, 1.807) is 7.11 Å². The summed E-state index contributed by atoms with van der Waals surface area (Å²) in [5.41, 5.74) is -0.427. The molecule has 2 nitrogen and oxygen atoms in total. The average molecular weight is 242 g/mol. The SMILES string of the molecule is CCCCCCCCC1(O)CCCC(OC)C1. The second-order valence-electron chi connectivity index (χ2n) is 5.70. The maximum absolute atomic E-state index is 10.5. The van der Waals surface area contributed by atoms with E-state index >= 15 is 0 Å². The van der Waals surface area contributed by atoms with Gasteiger partial charge < -0.3 is 9.84 Å². The smallest absolute Gasteiger partial charge is 0.0672 e. The minimum Gasteiger partial charge on any atom is -0.390 e. The Morgan fingerprint density at radius 3 is 2.59 bits per heavy atom. The predicted molar refractivity (Wildman–Crippen MR) is 72.2 cm³/mol. The highest BCUT2D eigenvalue weighted by Crippen LogP contribution is 2.33. The lowest BCUT2D eigenvalue weighted by molar-refractivity contribution is -0.0644. The van der Waals surface area contributed by atoms with Crippen molar-refractivity contribution in [2.24, 2.45) is 0 Å². The molecule has 0 aromatic carbocycles. The van der Waals surface area contributed by atoms with Crippen molar-refractivity contribution >= 4 is 0 Å². The summed E-state index contributed by atoms with van der Waals surface area (Å²) in [7, 11) is 1.77. The van der Waals surface area contributed by atoms with Crippen molar-refractivity contribution in [2.45, 2.75) is 89.3 Å². The lowest BCUT2D eigenvalue weighted by Crippen LogP contribution is -2.38. The van der Waals surface area contributed by atoms with E-state index in [-0.39, 0.29) is 6.10 Å². The predicted octanol–water partition coefficient (Wildman–Crippen LogP) is 4.06. The van der Waals surface area contributed by atoms with E-state index < -0.39 is 5.60 Å². The van der Waals surface area contributed by atoms with E-state index in [2.05, 4.69) is 6.92 Å². The molecule has 1 aliphatic carbocycles. The third-order valence-electron chi connectivity index (χ3n) is 4.10. The molecule has 2 atom stereocenters. The fraction of sp³-hybridized carbons (Fsp3) is 1.00.